The van der Waals surface area contributed by atoms with E-state index in [4.69, 9.17) is 14.2 Å². The summed E-state index contributed by atoms with van der Waals surface area (Å²) in [4.78, 5) is 37.3. The van der Waals surface area contributed by atoms with Gasteiger partial charge in [0, 0.05) is 19.3 Å². The Labute approximate surface area is 300 Å². The molecule has 0 aliphatic heterocycles. The lowest BCUT2D eigenvalue weighted by Crippen LogP contribution is -2.30. The molecule has 0 aliphatic rings. The van der Waals surface area contributed by atoms with Gasteiger partial charge in [-0.05, 0) is 77.0 Å². The number of carbonyl (C=O) groups excluding carboxylic acids is 3. The molecule has 0 aliphatic carbocycles. The molecule has 0 spiro atoms. The Kier molecular flexibility index (Phi) is 35.7. The van der Waals surface area contributed by atoms with Gasteiger partial charge < -0.3 is 14.2 Å². The number of rotatable bonds is 34. The molecule has 0 saturated heterocycles. The van der Waals surface area contributed by atoms with Gasteiger partial charge in [0.05, 0.1) is 0 Å². The van der Waals surface area contributed by atoms with Crippen LogP contribution in [0.4, 0.5) is 0 Å². The topological polar surface area (TPSA) is 78.9 Å². The number of esters is 3. The number of allylic oxidation sites excluding steroid dienone is 10. The maximum atomic E-state index is 12.6. The summed E-state index contributed by atoms with van der Waals surface area (Å²) in [5, 5.41) is 0. The Morgan fingerprint density at radius 1 is 0.429 bits per heavy atom. The monoisotopic (exact) mass is 685 g/mol. The third-order valence-corrected chi connectivity index (χ3v) is 7.99. The predicted molar refractivity (Wildman–Crippen MR) is 205 cm³/mol. The smallest absolute Gasteiger partial charge is 0.306 e. The summed E-state index contributed by atoms with van der Waals surface area (Å²) < 4.78 is 16.5. The van der Waals surface area contributed by atoms with Crippen LogP contribution in [0.15, 0.2) is 60.8 Å². The minimum Gasteiger partial charge on any atom is -0.462 e. The van der Waals surface area contributed by atoms with Crippen molar-refractivity contribution >= 4 is 17.9 Å². The van der Waals surface area contributed by atoms with Crippen LogP contribution in [0.5, 0.6) is 0 Å². The fraction of sp³-hybridized carbons (Fsp3) is 0.698. The molecule has 0 aromatic rings. The zero-order valence-corrected chi connectivity index (χ0v) is 31.7. The Morgan fingerprint density at radius 2 is 0.837 bits per heavy atom. The second-order valence-corrected chi connectivity index (χ2v) is 12.8. The van der Waals surface area contributed by atoms with Crippen molar-refractivity contribution in [2.24, 2.45) is 0 Å². The molecule has 0 heterocycles. The second-order valence-electron chi connectivity index (χ2n) is 12.8. The van der Waals surface area contributed by atoms with Crippen LogP contribution in [0.2, 0.25) is 0 Å². The Hall–Kier alpha value is -2.89. The molecule has 0 fully saturated rings. The standard InChI is InChI=1S/C43H72O6/c1-4-7-10-13-16-18-20-21-22-23-24-26-27-30-33-36-42(45)48-39-40(38-47-41(44)35-32-29-15-12-9-6-3)49-43(46)37-34-31-28-25-19-17-14-11-8-5-2/h7,10-11,14,16,18,21-22,24,26,40H,4-6,8-9,12-13,15,17,19-20,23,25,27-39H2,1-3H3/b10-7-,14-11-,18-16-,22-21-,26-24-. The van der Waals surface area contributed by atoms with Crippen molar-refractivity contribution in [3.05, 3.63) is 60.8 Å². The van der Waals surface area contributed by atoms with Crippen LogP contribution < -0.4 is 0 Å². The Bertz CT molecular complexity index is 929. The highest BCUT2D eigenvalue weighted by Crippen LogP contribution is 2.12. The van der Waals surface area contributed by atoms with Crippen molar-refractivity contribution in [1.29, 1.82) is 0 Å². The Balaban J connectivity index is 4.40. The van der Waals surface area contributed by atoms with Crippen LogP contribution in [0.3, 0.4) is 0 Å². The first-order valence-corrected chi connectivity index (χ1v) is 19.8. The molecule has 6 nitrogen and oxygen atoms in total. The molecule has 1 atom stereocenters. The minimum absolute atomic E-state index is 0.0922. The first kappa shape index (κ1) is 46.1. The van der Waals surface area contributed by atoms with E-state index in [9.17, 15) is 14.4 Å². The molecule has 0 saturated carbocycles. The molecule has 49 heavy (non-hydrogen) atoms. The number of hydrogen-bond acceptors (Lipinski definition) is 6. The van der Waals surface area contributed by atoms with E-state index in [1.807, 2.05) is 0 Å². The third-order valence-electron chi connectivity index (χ3n) is 7.99. The van der Waals surface area contributed by atoms with Crippen molar-refractivity contribution in [3.63, 3.8) is 0 Å². The lowest BCUT2D eigenvalue weighted by atomic mass is 10.1. The molecule has 0 aromatic carbocycles. The zero-order chi connectivity index (χ0) is 35.9. The molecule has 6 heteroatoms. The van der Waals surface area contributed by atoms with Gasteiger partial charge in [0.15, 0.2) is 6.10 Å². The van der Waals surface area contributed by atoms with Gasteiger partial charge in [-0.25, -0.2) is 0 Å². The molecule has 0 aromatic heterocycles. The van der Waals surface area contributed by atoms with E-state index in [1.165, 1.54) is 32.1 Å². The summed E-state index contributed by atoms with van der Waals surface area (Å²) in [6.07, 6.45) is 43.7. The van der Waals surface area contributed by atoms with E-state index in [0.29, 0.717) is 19.3 Å². The molecule has 1 unspecified atom stereocenters. The number of unbranched alkanes of at least 4 members (excludes halogenated alkanes) is 13. The number of ether oxygens (including phenoxy) is 3. The highest BCUT2D eigenvalue weighted by molar-refractivity contribution is 5.71. The first-order valence-electron chi connectivity index (χ1n) is 19.8. The molecule has 0 radical (unpaired) electrons. The SMILES string of the molecule is CC/C=C\C/C=C\C/C=C\C/C=C\CCCCC(=O)OCC(COC(=O)CCCCCCCC)OC(=O)CCCCCCC/C=C\CCC. The van der Waals surface area contributed by atoms with Crippen LogP contribution in [-0.2, 0) is 28.6 Å². The van der Waals surface area contributed by atoms with Crippen molar-refractivity contribution in [2.45, 2.75) is 181 Å². The van der Waals surface area contributed by atoms with Crippen molar-refractivity contribution < 1.29 is 28.6 Å². The molecule has 280 valence electrons. The van der Waals surface area contributed by atoms with Gasteiger partial charge >= 0.3 is 17.9 Å². The van der Waals surface area contributed by atoms with Gasteiger partial charge in [-0.1, -0.05) is 139 Å². The summed E-state index contributed by atoms with van der Waals surface area (Å²) in [5.74, 6) is -0.967. The molecule has 0 bridgehead atoms. The summed E-state index contributed by atoms with van der Waals surface area (Å²) in [7, 11) is 0. The minimum atomic E-state index is -0.788. The van der Waals surface area contributed by atoms with Gasteiger partial charge in [0.2, 0.25) is 0 Å². The van der Waals surface area contributed by atoms with Gasteiger partial charge in [-0.2, -0.15) is 0 Å². The lowest BCUT2D eigenvalue weighted by Gasteiger charge is -2.18. The highest BCUT2D eigenvalue weighted by atomic mass is 16.6. The highest BCUT2D eigenvalue weighted by Gasteiger charge is 2.19. The van der Waals surface area contributed by atoms with Crippen LogP contribution in [0.25, 0.3) is 0 Å². The molecule has 0 rings (SSSR count). The van der Waals surface area contributed by atoms with E-state index in [0.717, 1.165) is 103 Å². The second kappa shape index (κ2) is 37.9. The average Bonchev–Trinajstić information content (AvgIpc) is 3.10. The zero-order valence-electron chi connectivity index (χ0n) is 31.7. The van der Waals surface area contributed by atoms with Crippen LogP contribution in [-0.4, -0.2) is 37.2 Å². The van der Waals surface area contributed by atoms with E-state index in [-0.39, 0.29) is 31.1 Å². The maximum absolute atomic E-state index is 12.6. The number of carbonyl (C=O) groups is 3. The fourth-order valence-corrected chi connectivity index (χ4v) is 5.02. The average molecular weight is 685 g/mol. The summed E-state index contributed by atoms with van der Waals surface area (Å²) in [6.45, 7) is 6.32. The first-order chi connectivity index (χ1) is 24.0. The third kappa shape index (κ3) is 36.2. The largest absolute Gasteiger partial charge is 0.462 e. The van der Waals surface area contributed by atoms with Crippen molar-refractivity contribution in [3.8, 4) is 0 Å². The molecule has 0 N–H and O–H groups in total. The van der Waals surface area contributed by atoms with Crippen molar-refractivity contribution in [2.75, 3.05) is 13.2 Å². The Morgan fingerprint density at radius 3 is 1.39 bits per heavy atom. The molecule has 0 amide bonds. The van der Waals surface area contributed by atoms with Gasteiger partial charge in [-0.15, -0.1) is 0 Å². The summed E-state index contributed by atoms with van der Waals surface area (Å²) in [5.41, 5.74) is 0. The van der Waals surface area contributed by atoms with E-state index in [1.54, 1.807) is 0 Å². The van der Waals surface area contributed by atoms with Crippen LogP contribution in [0, 0.1) is 0 Å². The van der Waals surface area contributed by atoms with Crippen LogP contribution >= 0.6 is 0 Å². The number of hydrogen-bond donors (Lipinski definition) is 0. The van der Waals surface area contributed by atoms with Gasteiger partial charge in [0.25, 0.3) is 0 Å². The summed E-state index contributed by atoms with van der Waals surface area (Å²) >= 11 is 0. The maximum Gasteiger partial charge on any atom is 0.306 e. The van der Waals surface area contributed by atoms with E-state index in [2.05, 4.69) is 81.5 Å². The van der Waals surface area contributed by atoms with E-state index < -0.39 is 6.10 Å². The predicted octanol–water partition coefficient (Wildman–Crippen LogP) is 12.2. The molecular weight excluding hydrogens is 612 g/mol. The van der Waals surface area contributed by atoms with Gasteiger partial charge in [-0.3, -0.25) is 14.4 Å². The van der Waals surface area contributed by atoms with Crippen LogP contribution in [0.1, 0.15) is 175 Å². The quantitative estimate of drug-likeness (QED) is 0.0290. The normalized spacial score (nSPS) is 12.6. The van der Waals surface area contributed by atoms with Gasteiger partial charge in [0.1, 0.15) is 13.2 Å². The summed E-state index contributed by atoms with van der Waals surface area (Å²) in [6, 6.07) is 0. The van der Waals surface area contributed by atoms with Crippen molar-refractivity contribution in [1.82, 2.24) is 0 Å². The lowest BCUT2D eigenvalue weighted by molar-refractivity contribution is -0.167. The molecular formula is C43H72O6. The fourth-order valence-electron chi connectivity index (χ4n) is 5.02. The van der Waals surface area contributed by atoms with E-state index >= 15 is 0 Å².